The predicted octanol–water partition coefficient (Wildman–Crippen LogP) is 9.24. The molecule has 0 aliphatic carbocycles. The van der Waals surface area contributed by atoms with E-state index in [1.807, 2.05) is 0 Å². The Hall–Kier alpha value is -8.55. The number of phenols is 3. The van der Waals surface area contributed by atoms with Crippen LogP contribution in [0.25, 0.3) is 32.3 Å². The van der Waals surface area contributed by atoms with Gasteiger partial charge in [0.1, 0.15) is 70.0 Å². The van der Waals surface area contributed by atoms with Crippen molar-refractivity contribution >= 4 is 134 Å². The van der Waals surface area contributed by atoms with Crippen molar-refractivity contribution in [1.82, 2.24) is 0 Å². The fourth-order valence-corrected chi connectivity index (χ4v) is 11.3. The SMILES string of the molecule is COc1ccc(N=Nc2c(S(=O)(=O)O)cc3c(S(=O)(=O)O)c(N=Nc4c(S(=O)(=O)O)cc5ccc(N=Nc6ccc7c(O)c(N=Nc8ccc(CO)cc8S(=O)(=O)O)ccc7c6S(=O)(=O)O)c(O)c5c4N)ccc3c2O)cc1. The maximum Gasteiger partial charge on any atom is 0.297 e. The summed E-state index contributed by atoms with van der Waals surface area (Å²) in [5.41, 5.74) is 1.03. The van der Waals surface area contributed by atoms with Crippen molar-refractivity contribution < 1.29 is 90.0 Å². The molecule has 34 heteroatoms. The maximum atomic E-state index is 13.0. The van der Waals surface area contributed by atoms with Crippen LogP contribution in [0.15, 0.2) is 169 Å². The van der Waals surface area contributed by atoms with Crippen LogP contribution >= 0.6 is 0 Å². The molecular formula is C44H33N9O20S5. The van der Waals surface area contributed by atoms with Crippen LogP contribution in [-0.2, 0) is 57.2 Å². The number of nitrogen functional groups attached to an aromatic ring is 1. The van der Waals surface area contributed by atoms with Gasteiger partial charge in [-0.15, -0.1) is 35.8 Å². The van der Waals surface area contributed by atoms with Gasteiger partial charge in [0.05, 0.1) is 30.5 Å². The zero-order valence-corrected chi connectivity index (χ0v) is 42.8. The summed E-state index contributed by atoms with van der Waals surface area (Å²) in [7, 11) is -25.1. The highest BCUT2D eigenvalue weighted by Gasteiger charge is 2.30. The number of aliphatic hydroxyl groups excluding tert-OH is 1. The first-order valence-electron chi connectivity index (χ1n) is 21.0. The average Bonchev–Trinajstić information content (AvgIpc) is 3.57. The van der Waals surface area contributed by atoms with Crippen LogP contribution in [0.3, 0.4) is 0 Å². The highest BCUT2D eigenvalue weighted by molar-refractivity contribution is 7.87. The van der Waals surface area contributed by atoms with E-state index in [0.29, 0.717) is 11.8 Å². The first kappa shape index (κ1) is 55.7. The van der Waals surface area contributed by atoms with Gasteiger partial charge in [-0.05, 0) is 95.9 Å². The van der Waals surface area contributed by atoms with Gasteiger partial charge < -0.3 is 30.9 Å². The Bertz CT molecular complexity index is 4600. The molecule has 0 spiro atoms. The smallest absolute Gasteiger partial charge is 0.297 e. The number of anilines is 1. The molecule has 11 N–H and O–H groups in total. The molecule has 8 aromatic rings. The second-order valence-corrected chi connectivity index (χ2v) is 22.9. The van der Waals surface area contributed by atoms with E-state index in [1.54, 1.807) is 0 Å². The third-order valence-electron chi connectivity index (χ3n) is 11.2. The quantitative estimate of drug-likeness (QED) is 0.0259. The third-order valence-corrected chi connectivity index (χ3v) is 15.7. The summed E-state index contributed by atoms with van der Waals surface area (Å²) in [5, 5.41) is 70.9. The van der Waals surface area contributed by atoms with E-state index in [1.165, 1.54) is 37.4 Å². The second kappa shape index (κ2) is 20.4. The molecule has 0 saturated heterocycles. The van der Waals surface area contributed by atoms with Gasteiger partial charge in [-0.25, -0.2) is 0 Å². The summed E-state index contributed by atoms with van der Waals surface area (Å²) in [6.45, 7) is -0.589. The number of methoxy groups -OCH3 is 1. The summed E-state index contributed by atoms with van der Waals surface area (Å²) in [4.78, 5) is -5.28. The van der Waals surface area contributed by atoms with Gasteiger partial charge in [-0.1, -0.05) is 18.2 Å². The van der Waals surface area contributed by atoms with E-state index in [-0.39, 0.29) is 33.1 Å². The molecule has 0 bridgehead atoms. The molecule has 29 nitrogen and oxygen atoms in total. The van der Waals surface area contributed by atoms with Crippen LogP contribution in [-0.4, -0.2) is 92.4 Å². The fourth-order valence-electron chi connectivity index (χ4n) is 7.66. The normalized spacial score (nSPS) is 13.1. The monoisotopic (exact) mass is 1170 g/mol. The van der Waals surface area contributed by atoms with E-state index < -0.39 is 155 Å². The van der Waals surface area contributed by atoms with Crippen molar-refractivity contribution in [2.45, 2.75) is 31.1 Å². The summed E-state index contributed by atoms with van der Waals surface area (Å²) in [5.74, 6) is -2.33. The number of nitrogens with two attached hydrogens (primary N) is 1. The lowest BCUT2D eigenvalue weighted by molar-refractivity contribution is 0.281. The minimum Gasteiger partial charge on any atom is -0.505 e. The number of nitrogens with zero attached hydrogens (tertiary/aromatic N) is 8. The lowest BCUT2D eigenvalue weighted by Gasteiger charge is -2.13. The Morgan fingerprint density at radius 1 is 0.436 bits per heavy atom. The van der Waals surface area contributed by atoms with Crippen LogP contribution in [0.5, 0.6) is 23.0 Å². The van der Waals surface area contributed by atoms with Gasteiger partial charge in [0.25, 0.3) is 50.6 Å². The number of hydrogen-bond acceptors (Lipinski definition) is 24. The van der Waals surface area contributed by atoms with E-state index in [2.05, 4.69) is 40.9 Å². The number of aliphatic hydroxyl groups is 1. The lowest BCUT2D eigenvalue weighted by Crippen LogP contribution is -2.03. The molecule has 0 aromatic heterocycles. The molecule has 8 rings (SSSR count). The first-order chi connectivity index (χ1) is 36.4. The van der Waals surface area contributed by atoms with Crippen molar-refractivity contribution in [2.75, 3.05) is 12.8 Å². The standard InChI is InChI=1S/C44H33N9O20S5/c1-73-23-6-4-22(5-7-23)46-53-39-35(76(64,65)66)18-27-25(41(39)56)9-15-32(44(27)78(70,71)72)51-52-38-34(75(61,62)63)17-21-3-12-30(42(57)36(21)37(38)45)49-50-31-14-8-24-26(43(31)77(67,68)69)10-13-29(40(24)55)48-47-28-11-2-20(19-54)16-33(28)74(58,59)60/h2-18,54-57H,19,45H2,1H3,(H,58,59,60)(H,61,62,63)(H,64,65,66)(H,67,68,69)(H,70,71,72). The lowest BCUT2D eigenvalue weighted by atomic mass is 10.1. The minimum atomic E-state index is -5.56. The Kier molecular flexibility index (Phi) is 14.6. The van der Waals surface area contributed by atoms with Gasteiger partial charge >= 0.3 is 0 Å². The Labute approximate surface area is 438 Å². The van der Waals surface area contributed by atoms with Gasteiger partial charge in [0, 0.05) is 21.5 Å². The zero-order chi connectivity index (χ0) is 57.0. The first-order valence-corrected chi connectivity index (χ1v) is 28.2. The maximum absolute atomic E-state index is 13.0. The summed E-state index contributed by atoms with van der Waals surface area (Å²) in [6.07, 6.45) is 0. The van der Waals surface area contributed by atoms with Crippen molar-refractivity contribution in [3.8, 4) is 23.0 Å². The second-order valence-electron chi connectivity index (χ2n) is 16.0. The Balaban J connectivity index is 1.21. The number of ether oxygens (including phenoxy) is 1. The van der Waals surface area contributed by atoms with Crippen LogP contribution in [0.1, 0.15) is 5.56 Å². The van der Waals surface area contributed by atoms with Crippen molar-refractivity contribution in [3.63, 3.8) is 0 Å². The summed E-state index contributed by atoms with van der Waals surface area (Å²) in [6, 6.07) is 18.2. The summed E-state index contributed by atoms with van der Waals surface area (Å²) < 4.78 is 182. The zero-order valence-electron chi connectivity index (χ0n) is 38.7. The fraction of sp³-hybridized carbons (Fsp3) is 0.0455. The largest absolute Gasteiger partial charge is 0.505 e. The molecule has 404 valence electrons. The van der Waals surface area contributed by atoms with Gasteiger partial charge in [-0.2, -0.15) is 47.2 Å². The van der Waals surface area contributed by atoms with Gasteiger partial charge in [0.2, 0.25) is 0 Å². The molecule has 0 aliphatic rings. The van der Waals surface area contributed by atoms with Gasteiger partial charge in [-0.3, -0.25) is 22.8 Å². The Morgan fingerprint density at radius 3 is 1.46 bits per heavy atom. The molecule has 0 atom stereocenters. The highest BCUT2D eigenvalue weighted by atomic mass is 32.2. The number of aromatic hydroxyl groups is 3. The van der Waals surface area contributed by atoms with Crippen LogP contribution < -0.4 is 10.5 Å². The van der Waals surface area contributed by atoms with Crippen molar-refractivity contribution in [2.24, 2.45) is 40.9 Å². The van der Waals surface area contributed by atoms with Crippen LogP contribution in [0, 0.1) is 0 Å². The van der Waals surface area contributed by atoms with E-state index >= 15 is 0 Å². The molecule has 78 heavy (non-hydrogen) atoms. The van der Waals surface area contributed by atoms with Crippen molar-refractivity contribution in [1.29, 1.82) is 0 Å². The average molecular weight is 1170 g/mol. The number of fused-ring (bicyclic) bond motifs is 3. The topological polar surface area (TPSA) is 487 Å². The highest BCUT2D eigenvalue weighted by Crippen LogP contribution is 2.49. The molecule has 0 amide bonds. The molecule has 0 fully saturated rings. The number of rotatable bonds is 15. The minimum absolute atomic E-state index is 0.0970. The number of azo groups is 4. The van der Waals surface area contributed by atoms with E-state index in [4.69, 9.17) is 10.5 Å². The number of phenolic OH excluding ortho intramolecular Hbond substituents is 3. The molecule has 0 unspecified atom stereocenters. The molecule has 0 aliphatic heterocycles. The summed E-state index contributed by atoms with van der Waals surface area (Å²) >= 11 is 0. The van der Waals surface area contributed by atoms with Gasteiger partial charge in [0.15, 0.2) is 17.2 Å². The molecule has 8 aromatic carbocycles. The van der Waals surface area contributed by atoms with Crippen LogP contribution in [0.4, 0.5) is 51.2 Å². The van der Waals surface area contributed by atoms with Crippen molar-refractivity contribution in [3.05, 3.63) is 109 Å². The molecular weight excluding hydrogens is 1130 g/mol. The van der Waals surface area contributed by atoms with E-state index in [0.717, 1.165) is 66.7 Å². The molecule has 0 radical (unpaired) electrons. The number of benzene rings is 8. The van der Waals surface area contributed by atoms with Crippen LogP contribution in [0.2, 0.25) is 0 Å². The number of hydrogen-bond donors (Lipinski definition) is 10. The predicted molar refractivity (Wildman–Crippen MR) is 272 cm³/mol. The third kappa shape index (κ3) is 11.0. The molecule has 0 saturated carbocycles. The Morgan fingerprint density at radius 2 is 0.897 bits per heavy atom. The molecule has 0 heterocycles. The van der Waals surface area contributed by atoms with E-state index in [9.17, 15) is 85.3 Å².